The Bertz CT molecular complexity index is 1210. The third kappa shape index (κ3) is 4.32. The van der Waals surface area contributed by atoms with Crippen LogP contribution < -0.4 is 0 Å². The molecule has 0 amide bonds. The summed E-state index contributed by atoms with van der Waals surface area (Å²) in [6.07, 6.45) is 1.18. The van der Waals surface area contributed by atoms with Gasteiger partial charge in [0.05, 0.1) is 0 Å². The molecule has 5 rings (SSSR count). The molecule has 1 aromatic heterocycles. The molecule has 0 aliphatic heterocycles. The highest BCUT2D eigenvalue weighted by Crippen LogP contribution is 2.63. The van der Waals surface area contributed by atoms with Gasteiger partial charge in [-0.05, 0) is 34.3 Å². The van der Waals surface area contributed by atoms with Crippen molar-refractivity contribution in [2.45, 2.75) is 20.0 Å². The Morgan fingerprint density at radius 1 is 0.455 bits per heavy atom. The SMILES string of the molecule is CC(C)Cp1c(-c2ccccc2)c(-c2ccccc2)c(-c2ccccc2)c1-c1ccccc1. The molecule has 0 unspecified atom stereocenters. The van der Waals surface area contributed by atoms with Crippen molar-refractivity contribution in [3.63, 3.8) is 0 Å². The van der Waals surface area contributed by atoms with E-state index in [1.54, 1.807) is 0 Å². The molecule has 1 heteroatoms. The quantitative estimate of drug-likeness (QED) is 0.244. The second-order valence-corrected chi connectivity index (χ2v) is 11.0. The van der Waals surface area contributed by atoms with Crippen LogP contribution in [0.25, 0.3) is 44.0 Å². The van der Waals surface area contributed by atoms with Crippen molar-refractivity contribution in [2.75, 3.05) is 0 Å². The molecule has 0 saturated heterocycles. The molecule has 0 radical (unpaired) electrons. The van der Waals surface area contributed by atoms with E-state index >= 15 is 0 Å². The van der Waals surface area contributed by atoms with Crippen LogP contribution in [0.3, 0.4) is 0 Å². The molecule has 0 aliphatic carbocycles. The van der Waals surface area contributed by atoms with E-state index in [0.717, 1.165) is 0 Å². The lowest BCUT2D eigenvalue weighted by Crippen LogP contribution is -1.87. The molecule has 33 heavy (non-hydrogen) atoms. The van der Waals surface area contributed by atoms with E-state index in [9.17, 15) is 0 Å². The highest BCUT2D eigenvalue weighted by atomic mass is 31.1. The molecule has 162 valence electrons. The maximum Gasteiger partial charge on any atom is 0.0103 e. The van der Waals surface area contributed by atoms with Crippen LogP contribution in [-0.4, -0.2) is 0 Å². The molecule has 0 spiro atoms. The fourth-order valence-corrected chi connectivity index (χ4v) is 7.99. The van der Waals surface area contributed by atoms with Gasteiger partial charge < -0.3 is 0 Å². The summed E-state index contributed by atoms with van der Waals surface area (Å²) in [4.78, 5) is 0. The second-order valence-electron chi connectivity index (χ2n) is 8.92. The number of hydrogen-bond donors (Lipinski definition) is 0. The summed E-state index contributed by atoms with van der Waals surface area (Å²) in [7, 11) is -0.531. The molecule has 1 heterocycles. The molecule has 0 aliphatic rings. The number of rotatable bonds is 6. The van der Waals surface area contributed by atoms with E-state index in [1.165, 1.54) is 50.1 Å². The van der Waals surface area contributed by atoms with Crippen LogP contribution in [0.2, 0.25) is 0 Å². The zero-order valence-electron chi connectivity index (χ0n) is 19.3. The zero-order chi connectivity index (χ0) is 22.6. The summed E-state index contributed by atoms with van der Waals surface area (Å²) >= 11 is 0. The minimum Gasteiger partial charge on any atom is -0.107 e. The minimum atomic E-state index is -0.531. The summed E-state index contributed by atoms with van der Waals surface area (Å²) in [5.41, 5.74) is 8.11. The predicted molar refractivity (Wildman–Crippen MR) is 146 cm³/mol. The Hall–Kier alpha value is -3.34. The lowest BCUT2D eigenvalue weighted by atomic mass is 9.91. The maximum atomic E-state index is 2.36. The first-order valence-electron chi connectivity index (χ1n) is 11.7. The lowest BCUT2D eigenvalue weighted by molar-refractivity contribution is 0.703. The Morgan fingerprint density at radius 2 is 0.758 bits per heavy atom. The van der Waals surface area contributed by atoms with Gasteiger partial charge >= 0.3 is 0 Å². The van der Waals surface area contributed by atoms with Gasteiger partial charge in [0.25, 0.3) is 0 Å². The Balaban J connectivity index is 1.98. The van der Waals surface area contributed by atoms with Crippen LogP contribution in [0, 0.1) is 5.92 Å². The van der Waals surface area contributed by atoms with Crippen molar-refractivity contribution in [3.8, 4) is 44.0 Å². The lowest BCUT2D eigenvalue weighted by Gasteiger charge is -2.14. The molecule has 0 bridgehead atoms. The second kappa shape index (κ2) is 9.65. The summed E-state index contributed by atoms with van der Waals surface area (Å²) in [6, 6.07) is 44.1. The molecular formula is C32H29P. The van der Waals surface area contributed by atoms with Gasteiger partial charge in [0.15, 0.2) is 0 Å². The van der Waals surface area contributed by atoms with Gasteiger partial charge in [0.1, 0.15) is 0 Å². The van der Waals surface area contributed by atoms with E-state index in [0.29, 0.717) is 5.92 Å². The van der Waals surface area contributed by atoms with Crippen molar-refractivity contribution in [2.24, 2.45) is 5.92 Å². The van der Waals surface area contributed by atoms with Crippen molar-refractivity contribution >= 4 is 7.53 Å². The number of benzene rings is 4. The van der Waals surface area contributed by atoms with Gasteiger partial charge in [0.2, 0.25) is 0 Å². The predicted octanol–water partition coefficient (Wildman–Crippen LogP) is 10.00. The summed E-state index contributed by atoms with van der Waals surface area (Å²) in [6.45, 7) is 4.71. The monoisotopic (exact) mass is 444 g/mol. The average molecular weight is 445 g/mol. The highest BCUT2D eigenvalue weighted by molar-refractivity contribution is 7.56. The maximum absolute atomic E-state index is 2.36. The first kappa shape index (κ1) is 21.5. The third-order valence-corrected chi connectivity index (χ3v) is 9.17. The molecule has 0 fully saturated rings. The van der Waals surface area contributed by atoms with Crippen LogP contribution in [0.15, 0.2) is 121 Å². The molecule has 4 aromatic carbocycles. The smallest absolute Gasteiger partial charge is 0.0103 e. The Kier molecular flexibility index (Phi) is 6.29. The topological polar surface area (TPSA) is 0 Å². The van der Waals surface area contributed by atoms with Crippen LogP contribution in [0.5, 0.6) is 0 Å². The van der Waals surface area contributed by atoms with E-state index in [2.05, 4.69) is 135 Å². The fraction of sp³-hybridized carbons (Fsp3) is 0.125. The summed E-state index contributed by atoms with van der Waals surface area (Å²) in [5.74, 6) is 0.612. The van der Waals surface area contributed by atoms with Gasteiger partial charge in [0, 0.05) is 21.7 Å². The first-order valence-corrected chi connectivity index (χ1v) is 13.2. The Labute approximate surface area is 198 Å². The van der Waals surface area contributed by atoms with Crippen molar-refractivity contribution in [1.29, 1.82) is 0 Å². The minimum absolute atomic E-state index is 0.531. The van der Waals surface area contributed by atoms with Crippen molar-refractivity contribution in [3.05, 3.63) is 121 Å². The van der Waals surface area contributed by atoms with E-state index in [-0.39, 0.29) is 0 Å². The van der Waals surface area contributed by atoms with Crippen molar-refractivity contribution in [1.82, 2.24) is 0 Å². The van der Waals surface area contributed by atoms with Crippen LogP contribution in [0.1, 0.15) is 13.8 Å². The molecule has 0 nitrogen and oxygen atoms in total. The van der Waals surface area contributed by atoms with Crippen LogP contribution in [-0.2, 0) is 6.16 Å². The molecule has 5 aromatic rings. The largest absolute Gasteiger partial charge is 0.107 e. The summed E-state index contributed by atoms with van der Waals surface area (Å²) in [5, 5.41) is 3.03. The van der Waals surface area contributed by atoms with Gasteiger partial charge in [-0.25, -0.2) is 0 Å². The molecule has 0 saturated carbocycles. The standard InChI is InChI=1S/C32H29P/c1-24(2)23-33-31(27-19-11-5-12-20-27)29(25-15-7-3-8-16-25)30(26-17-9-4-10-18-26)32(33)28-21-13-6-14-22-28/h3-22,24H,23H2,1-2H3. The zero-order valence-corrected chi connectivity index (χ0v) is 20.2. The molecular weight excluding hydrogens is 415 g/mol. The van der Waals surface area contributed by atoms with Gasteiger partial charge in [-0.15, -0.1) is 7.53 Å². The Morgan fingerprint density at radius 3 is 1.06 bits per heavy atom. The first-order chi connectivity index (χ1) is 16.2. The number of hydrogen-bond acceptors (Lipinski definition) is 0. The molecule has 0 atom stereocenters. The average Bonchev–Trinajstić information content (AvgIpc) is 3.20. The van der Waals surface area contributed by atoms with Crippen molar-refractivity contribution < 1.29 is 0 Å². The van der Waals surface area contributed by atoms with Gasteiger partial charge in [-0.3, -0.25) is 0 Å². The normalized spacial score (nSPS) is 11.1. The van der Waals surface area contributed by atoms with Crippen LogP contribution in [0.4, 0.5) is 0 Å². The van der Waals surface area contributed by atoms with E-state index in [4.69, 9.17) is 0 Å². The molecule has 0 N–H and O–H groups in total. The highest BCUT2D eigenvalue weighted by Gasteiger charge is 2.27. The fourth-order valence-electron chi connectivity index (χ4n) is 4.73. The van der Waals surface area contributed by atoms with E-state index < -0.39 is 7.53 Å². The van der Waals surface area contributed by atoms with Gasteiger partial charge in [-0.1, -0.05) is 135 Å². The summed E-state index contributed by atoms with van der Waals surface area (Å²) < 4.78 is 0. The van der Waals surface area contributed by atoms with Gasteiger partial charge in [-0.2, -0.15) is 0 Å². The van der Waals surface area contributed by atoms with E-state index in [1.807, 2.05) is 0 Å². The third-order valence-electron chi connectivity index (χ3n) is 6.03. The van der Waals surface area contributed by atoms with Crippen LogP contribution >= 0.6 is 7.53 Å².